The van der Waals surface area contributed by atoms with Gasteiger partial charge in [-0.05, 0) is 25.0 Å². The van der Waals surface area contributed by atoms with Crippen molar-refractivity contribution in [2.24, 2.45) is 0 Å². The number of carbonyl (C=O) groups excluding carboxylic acids is 1. The molecule has 1 saturated carbocycles. The van der Waals surface area contributed by atoms with E-state index in [0.29, 0.717) is 23.6 Å². The Morgan fingerprint density at radius 2 is 2.00 bits per heavy atom. The number of amides is 1. The molecule has 0 atom stereocenters. The molecule has 2 rings (SSSR count). The second-order valence-corrected chi connectivity index (χ2v) is 6.90. The van der Waals surface area contributed by atoms with Crippen molar-refractivity contribution in [3.63, 3.8) is 0 Å². The standard InChI is InChI=1S/C17H25NO3S/c1-20-13-8-9-16(21-2)15(12-13)18-17(19)10-11-22-14-6-4-3-5-7-14/h8-9,12,14H,3-7,10-11H2,1-2H3,(H,18,19). The van der Waals surface area contributed by atoms with E-state index in [0.717, 1.165) is 11.0 Å². The summed E-state index contributed by atoms with van der Waals surface area (Å²) >= 11 is 1.94. The number of carbonyl (C=O) groups is 1. The Morgan fingerprint density at radius 1 is 1.23 bits per heavy atom. The fraction of sp³-hybridized carbons (Fsp3) is 0.588. The fourth-order valence-electron chi connectivity index (χ4n) is 2.67. The van der Waals surface area contributed by atoms with Crippen LogP contribution in [0, 0.1) is 0 Å². The Balaban J connectivity index is 1.80. The van der Waals surface area contributed by atoms with Crippen LogP contribution in [0.1, 0.15) is 38.5 Å². The van der Waals surface area contributed by atoms with Gasteiger partial charge in [-0.1, -0.05) is 19.3 Å². The van der Waals surface area contributed by atoms with Crippen LogP contribution in [-0.4, -0.2) is 31.1 Å². The summed E-state index contributed by atoms with van der Waals surface area (Å²) in [4.78, 5) is 12.1. The van der Waals surface area contributed by atoms with Crippen LogP contribution in [-0.2, 0) is 4.79 Å². The maximum atomic E-state index is 12.1. The fourth-order valence-corrected chi connectivity index (χ4v) is 3.98. The van der Waals surface area contributed by atoms with Gasteiger partial charge in [0.25, 0.3) is 0 Å². The molecule has 1 aromatic carbocycles. The molecule has 1 fully saturated rings. The molecule has 0 saturated heterocycles. The van der Waals surface area contributed by atoms with Gasteiger partial charge in [-0.3, -0.25) is 4.79 Å². The van der Waals surface area contributed by atoms with Crippen LogP contribution in [0.5, 0.6) is 11.5 Å². The van der Waals surface area contributed by atoms with Crippen molar-refractivity contribution in [2.75, 3.05) is 25.3 Å². The van der Waals surface area contributed by atoms with Crippen LogP contribution in [0.4, 0.5) is 5.69 Å². The average Bonchev–Trinajstić information content (AvgIpc) is 2.55. The second-order valence-electron chi connectivity index (χ2n) is 5.50. The molecule has 0 spiro atoms. The monoisotopic (exact) mass is 323 g/mol. The molecule has 5 heteroatoms. The predicted molar refractivity (Wildman–Crippen MR) is 92.1 cm³/mol. The van der Waals surface area contributed by atoms with E-state index < -0.39 is 0 Å². The lowest BCUT2D eigenvalue weighted by atomic mass is 10.0. The van der Waals surface area contributed by atoms with Gasteiger partial charge < -0.3 is 14.8 Å². The summed E-state index contributed by atoms with van der Waals surface area (Å²) in [5.41, 5.74) is 0.662. The van der Waals surface area contributed by atoms with Crippen molar-refractivity contribution in [1.29, 1.82) is 0 Å². The normalized spacial score (nSPS) is 15.4. The molecule has 0 radical (unpaired) electrons. The maximum absolute atomic E-state index is 12.1. The van der Waals surface area contributed by atoms with Crippen molar-refractivity contribution >= 4 is 23.4 Å². The number of hydrogen-bond donors (Lipinski definition) is 1. The molecule has 0 aromatic heterocycles. The van der Waals surface area contributed by atoms with Gasteiger partial charge in [-0.15, -0.1) is 0 Å². The van der Waals surface area contributed by atoms with Crippen LogP contribution < -0.4 is 14.8 Å². The summed E-state index contributed by atoms with van der Waals surface area (Å²) in [7, 11) is 3.20. The number of rotatable bonds is 7. The van der Waals surface area contributed by atoms with Crippen LogP contribution in [0.3, 0.4) is 0 Å². The molecule has 1 aliphatic rings. The highest BCUT2D eigenvalue weighted by molar-refractivity contribution is 7.99. The zero-order valence-electron chi connectivity index (χ0n) is 13.4. The summed E-state index contributed by atoms with van der Waals surface area (Å²) in [6.45, 7) is 0. The quantitative estimate of drug-likeness (QED) is 0.821. The number of thioether (sulfide) groups is 1. The third-order valence-electron chi connectivity index (χ3n) is 3.92. The molecule has 1 aromatic rings. The summed E-state index contributed by atoms with van der Waals surface area (Å²) in [6, 6.07) is 5.39. The van der Waals surface area contributed by atoms with E-state index in [9.17, 15) is 4.79 Å². The molecule has 1 aliphatic carbocycles. The zero-order valence-corrected chi connectivity index (χ0v) is 14.2. The summed E-state index contributed by atoms with van der Waals surface area (Å²) < 4.78 is 10.5. The molecule has 1 N–H and O–H groups in total. The van der Waals surface area contributed by atoms with E-state index in [4.69, 9.17) is 9.47 Å². The Morgan fingerprint density at radius 3 is 2.68 bits per heavy atom. The maximum Gasteiger partial charge on any atom is 0.225 e. The van der Waals surface area contributed by atoms with E-state index in [1.54, 1.807) is 26.4 Å². The molecule has 0 heterocycles. The summed E-state index contributed by atoms with van der Waals surface area (Å²) in [5, 5.41) is 3.66. The Kier molecular flexibility index (Phi) is 6.90. The van der Waals surface area contributed by atoms with Gasteiger partial charge in [-0.2, -0.15) is 11.8 Å². The molecule has 22 heavy (non-hydrogen) atoms. The van der Waals surface area contributed by atoms with Gasteiger partial charge in [0, 0.05) is 23.5 Å². The molecule has 0 aliphatic heterocycles. The number of anilines is 1. The Labute approximate surface area is 137 Å². The van der Waals surface area contributed by atoms with Gasteiger partial charge in [0.1, 0.15) is 11.5 Å². The molecule has 122 valence electrons. The van der Waals surface area contributed by atoms with Crippen LogP contribution in [0.15, 0.2) is 18.2 Å². The molecule has 1 amide bonds. The summed E-state index contributed by atoms with van der Waals surface area (Å²) in [5.74, 6) is 2.25. The minimum Gasteiger partial charge on any atom is -0.497 e. The van der Waals surface area contributed by atoms with Crippen LogP contribution >= 0.6 is 11.8 Å². The first-order valence-electron chi connectivity index (χ1n) is 7.86. The van der Waals surface area contributed by atoms with Gasteiger partial charge >= 0.3 is 0 Å². The highest BCUT2D eigenvalue weighted by Crippen LogP contribution is 2.30. The number of benzene rings is 1. The number of methoxy groups -OCH3 is 2. The van der Waals surface area contributed by atoms with Gasteiger partial charge in [0.05, 0.1) is 19.9 Å². The number of ether oxygens (including phenoxy) is 2. The minimum atomic E-state index is 0.0230. The van der Waals surface area contributed by atoms with E-state index in [1.165, 1.54) is 32.1 Å². The van der Waals surface area contributed by atoms with Gasteiger partial charge in [0.2, 0.25) is 5.91 Å². The van der Waals surface area contributed by atoms with Gasteiger partial charge in [-0.25, -0.2) is 0 Å². The first-order chi connectivity index (χ1) is 10.7. The first kappa shape index (κ1) is 17.0. The van der Waals surface area contributed by atoms with Crippen LogP contribution in [0.25, 0.3) is 0 Å². The second kappa shape index (κ2) is 8.93. The lowest BCUT2D eigenvalue weighted by molar-refractivity contribution is -0.115. The third-order valence-corrected chi connectivity index (χ3v) is 5.30. The van der Waals surface area contributed by atoms with Crippen molar-refractivity contribution < 1.29 is 14.3 Å². The SMILES string of the molecule is COc1ccc(OC)c(NC(=O)CCSC2CCCCC2)c1. The Hall–Kier alpha value is -1.36. The van der Waals surface area contributed by atoms with E-state index in [1.807, 2.05) is 17.8 Å². The molecule has 0 bridgehead atoms. The third kappa shape index (κ3) is 5.13. The highest BCUT2D eigenvalue weighted by Gasteiger charge is 2.14. The average molecular weight is 323 g/mol. The number of hydrogen-bond acceptors (Lipinski definition) is 4. The van der Waals surface area contributed by atoms with Crippen molar-refractivity contribution in [3.8, 4) is 11.5 Å². The molecule has 4 nitrogen and oxygen atoms in total. The van der Waals surface area contributed by atoms with E-state index in [2.05, 4.69) is 5.32 Å². The van der Waals surface area contributed by atoms with Crippen LogP contribution in [0.2, 0.25) is 0 Å². The Bertz CT molecular complexity index is 487. The molecular weight excluding hydrogens is 298 g/mol. The largest absolute Gasteiger partial charge is 0.497 e. The van der Waals surface area contributed by atoms with E-state index >= 15 is 0 Å². The number of nitrogens with one attached hydrogen (secondary N) is 1. The van der Waals surface area contributed by atoms with Crippen molar-refractivity contribution in [2.45, 2.75) is 43.8 Å². The lowest BCUT2D eigenvalue weighted by Gasteiger charge is -2.20. The molecule has 0 unspecified atom stereocenters. The highest BCUT2D eigenvalue weighted by atomic mass is 32.2. The van der Waals surface area contributed by atoms with Crippen molar-refractivity contribution in [1.82, 2.24) is 0 Å². The van der Waals surface area contributed by atoms with Gasteiger partial charge in [0.15, 0.2) is 0 Å². The predicted octanol–water partition coefficient (Wildman–Crippen LogP) is 4.10. The topological polar surface area (TPSA) is 47.6 Å². The zero-order chi connectivity index (χ0) is 15.8. The van der Waals surface area contributed by atoms with E-state index in [-0.39, 0.29) is 5.91 Å². The molecular formula is C17H25NO3S. The van der Waals surface area contributed by atoms with Crippen molar-refractivity contribution in [3.05, 3.63) is 18.2 Å². The lowest BCUT2D eigenvalue weighted by Crippen LogP contribution is -2.15. The smallest absolute Gasteiger partial charge is 0.225 e. The minimum absolute atomic E-state index is 0.0230. The first-order valence-corrected chi connectivity index (χ1v) is 8.91. The summed E-state index contributed by atoms with van der Waals surface area (Å²) in [6.07, 6.45) is 7.18.